The second-order valence-corrected chi connectivity index (χ2v) is 5.62. The van der Waals surface area contributed by atoms with Gasteiger partial charge >= 0.3 is 0 Å². The largest absolute Gasteiger partial charge is 0.372 e. The highest BCUT2D eigenvalue weighted by Crippen LogP contribution is 2.31. The van der Waals surface area contributed by atoms with Crippen LogP contribution in [0, 0.1) is 13.8 Å². The molecule has 3 rings (SSSR count). The lowest BCUT2D eigenvalue weighted by molar-refractivity contribution is 0.0979. The molecule has 0 unspecified atom stereocenters. The zero-order valence-electron chi connectivity index (χ0n) is 12.8. The van der Waals surface area contributed by atoms with Gasteiger partial charge in [0.05, 0.1) is 6.20 Å². The van der Waals surface area contributed by atoms with Crippen LogP contribution in [-0.4, -0.2) is 27.4 Å². The monoisotopic (exact) mass is 286 g/mol. The fraction of sp³-hybridized carbons (Fsp3) is 0.500. The normalized spacial score (nSPS) is 21.9. The SMILES string of the molecule is Cc1ncccc1CN[C@H]1CCO[C@@H]1c1cnn(C)c1C. The number of nitrogens with one attached hydrogen (secondary N) is 1. The minimum atomic E-state index is 0.0932. The first-order valence-electron chi connectivity index (χ1n) is 7.41. The molecule has 0 aromatic carbocycles. The number of rotatable bonds is 4. The second-order valence-electron chi connectivity index (χ2n) is 5.62. The predicted molar refractivity (Wildman–Crippen MR) is 80.9 cm³/mol. The maximum Gasteiger partial charge on any atom is 0.101 e. The summed E-state index contributed by atoms with van der Waals surface area (Å²) >= 11 is 0. The van der Waals surface area contributed by atoms with Crippen LogP contribution in [0.4, 0.5) is 0 Å². The van der Waals surface area contributed by atoms with Gasteiger partial charge in [0.25, 0.3) is 0 Å². The van der Waals surface area contributed by atoms with E-state index in [4.69, 9.17) is 4.74 Å². The first kappa shape index (κ1) is 14.2. The van der Waals surface area contributed by atoms with Crippen molar-refractivity contribution in [1.82, 2.24) is 20.1 Å². The fourth-order valence-corrected chi connectivity index (χ4v) is 2.85. The van der Waals surface area contributed by atoms with Gasteiger partial charge in [0.15, 0.2) is 0 Å². The Labute approximate surface area is 125 Å². The quantitative estimate of drug-likeness (QED) is 0.934. The molecule has 1 fully saturated rings. The summed E-state index contributed by atoms with van der Waals surface area (Å²) in [5.74, 6) is 0. The molecule has 2 aromatic heterocycles. The van der Waals surface area contributed by atoms with Gasteiger partial charge in [-0.2, -0.15) is 5.10 Å². The van der Waals surface area contributed by atoms with E-state index in [1.807, 2.05) is 37.1 Å². The van der Waals surface area contributed by atoms with E-state index in [0.29, 0.717) is 6.04 Å². The summed E-state index contributed by atoms with van der Waals surface area (Å²) in [7, 11) is 1.97. The number of nitrogens with zero attached hydrogens (tertiary/aromatic N) is 3. The third kappa shape index (κ3) is 2.84. The zero-order valence-corrected chi connectivity index (χ0v) is 12.8. The van der Waals surface area contributed by atoms with Gasteiger partial charge in [-0.25, -0.2) is 0 Å². The van der Waals surface area contributed by atoms with E-state index in [9.17, 15) is 0 Å². The van der Waals surface area contributed by atoms with Crippen molar-refractivity contribution in [3.05, 3.63) is 47.0 Å². The van der Waals surface area contributed by atoms with Gasteiger partial charge < -0.3 is 10.1 Å². The van der Waals surface area contributed by atoms with Crippen LogP contribution in [0.2, 0.25) is 0 Å². The Morgan fingerprint density at radius 2 is 2.29 bits per heavy atom. The number of hydrogen-bond acceptors (Lipinski definition) is 4. The second kappa shape index (κ2) is 5.95. The number of pyridine rings is 1. The highest BCUT2D eigenvalue weighted by Gasteiger charge is 2.31. The summed E-state index contributed by atoms with van der Waals surface area (Å²) < 4.78 is 7.84. The van der Waals surface area contributed by atoms with Crippen LogP contribution in [0.1, 0.15) is 35.0 Å². The van der Waals surface area contributed by atoms with Crippen LogP contribution in [0.25, 0.3) is 0 Å². The summed E-state index contributed by atoms with van der Waals surface area (Å²) in [4.78, 5) is 4.33. The Kier molecular flexibility index (Phi) is 4.03. The lowest BCUT2D eigenvalue weighted by Crippen LogP contribution is -2.31. The Morgan fingerprint density at radius 3 is 3.00 bits per heavy atom. The molecule has 0 aliphatic carbocycles. The Morgan fingerprint density at radius 1 is 1.43 bits per heavy atom. The van der Waals surface area contributed by atoms with E-state index < -0.39 is 0 Å². The molecule has 21 heavy (non-hydrogen) atoms. The first-order chi connectivity index (χ1) is 10.2. The topological polar surface area (TPSA) is 52.0 Å². The van der Waals surface area contributed by atoms with Crippen LogP contribution >= 0.6 is 0 Å². The maximum atomic E-state index is 5.93. The maximum absolute atomic E-state index is 5.93. The third-order valence-corrected chi connectivity index (χ3v) is 4.34. The number of aromatic nitrogens is 3. The molecular formula is C16H22N4O. The molecule has 0 radical (unpaired) electrons. The average molecular weight is 286 g/mol. The third-order valence-electron chi connectivity index (χ3n) is 4.34. The van der Waals surface area contributed by atoms with Crippen LogP contribution in [0.15, 0.2) is 24.5 Å². The minimum Gasteiger partial charge on any atom is -0.372 e. The van der Waals surface area contributed by atoms with E-state index in [0.717, 1.165) is 25.3 Å². The highest BCUT2D eigenvalue weighted by atomic mass is 16.5. The smallest absolute Gasteiger partial charge is 0.101 e. The highest BCUT2D eigenvalue weighted by molar-refractivity contribution is 5.23. The lowest BCUT2D eigenvalue weighted by Gasteiger charge is -2.20. The molecule has 0 spiro atoms. The predicted octanol–water partition coefficient (Wildman–Crippen LogP) is 2.05. The Balaban J connectivity index is 1.70. The van der Waals surface area contributed by atoms with Gasteiger partial charge in [-0.05, 0) is 31.9 Å². The molecule has 112 valence electrons. The lowest BCUT2D eigenvalue weighted by atomic mass is 10.0. The van der Waals surface area contributed by atoms with E-state index in [1.165, 1.54) is 16.8 Å². The van der Waals surface area contributed by atoms with Crippen molar-refractivity contribution < 1.29 is 4.74 Å². The van der Waals surface area contributed by atoms with Gasteiger partial charge in [0.2, 0.25) is 0 Å². The molecule has 1 N–H and O–H groups in total. The number of aryl methyl sites for hydroxylation is 2. The average Bonchev–Trinajstić information content (AvgIpc) is 3.06. The summed E-state index contributed by atoms with van der Waals surface area (Å²) in [6.07, 6.45) is 4.88. The van der Waals surface area contributed by atoms with Crippen LogP contribution in [0.5, 0.6) is 0 Å². The molecule has 1 aliphatic rings. The summed E-state index contributed by atoms with van der Waals surface area (Å²) in [5, 5.41) is 7.95. The van der Waals surface area contributed by atoms with Crippen molar-refractivity contribution in [3.8, 4) is 0 Å². The summed E-state index contributed by atoms with van der Waals surface area (Å²) in [6, 6.07) is 4.43. The van der Waals surface area contributed by atoms with Crippen molar-refractivity contribution in [2.45, 2.75) is 39.0 Å². The molecular weight excluding hydrogens is 264 g/mol. The van der Waals surface area contributed by atoms with Gasteiger partial charge in [-0.15, -0.1) is 0 Å². The van der Waals surface area contributed by atoms with Crippen LogP contribution < -0.4 is 5.32 Å². The Bertz CT molecular complexity index is 622. The molecule has 2 atom stereocenters. The summed E-state index contributed by atoms with van der Waals surface area (Å²) in [6.45, 7) is 5.75. The van der Waals surface area contributed by atoms with E-state index >= 15 is 0 Å². The van der Waals surface area contributed by atoms with E-state index in [1.54, 1.807) is 0 Å². The molecule has 5 nitrogen and oxygen atoms in total. The Hall–Kier alpha value is -1.72. The van der Waals surface area contributed by atoms with E-state index in [2.05, 4.69) is 28.4 Å². The van der Waals surface area contributed by atoms with Crippen molar-refractivity contribution in [2.24, 2.45) is 7.05 Å². The standard InChI is InChI=1S/C16H22N4O/c1-11-13(5-4-7-17-11)9-18-15-6-8-21-16(15)14-10-19-20(3)12(14)2/h4-5,7,10,15-16,18H,6,8-9H2,1-3H3/t15-,16+/m0/s1. The van der Waals surface area contributed by atoms with E-state index in [-0.39, 0.29) is 6.10 Å². The number of hydrogen-bond donors (Lipinski definition) is 1. The molecule has 0 saturated carbocycles. The molecule has 1 aliphatic heterocycles. The van der Waals surface area contributed by atoms with Gasteiger partial charge in [0.1, 0.15) is 6.10 Å². The number of ether oxygens (including phenoxy) is 1. The molecule has 2 aromatic rings. The van der Waals surface area contributed by atoms with Crippen LogP contribution in [0.3, 0.4) is 0 Å². The molecule has 1 saturated heterocycles. The van der Waals surface area contributed by atoms with Gasteiger partial charge in [-0.3, -0.25) is 9.67 Å². The fourth-order valence-electron chi connectivity index (χ4n) is 2.85. The summed E-state index contributed by atoms with van der Waals surface area (Å²) in [5.41, 5.74) is 4.69. The zero-order chi connectivity index (χ0) is 14.8. The van der Waals surface area contributed by atoms with Crippen molar-refractivity contribution in [1.29, 1.82) is 0 Å². The molecule has 3 heterocycles. The molecule has 5 heteroatoms. The van der Waals surface area contributed by atoms with Crippen LogP contribution in [-0.2, 0) is 18.3 Å². The minimum absolute atomic E-state index is 0.0932. The molecule has 0 bridgehead atoms. The molecule has 0 amide bonds. The first-order valence-corrected chi connectivity index (χ1v) is 7.41. The van der Waals surface area contributed by atoms with Crippen molar-refractivity contribution in [3.63, 3.8) is 0 Å². The van der Waals surface area contributed by atoms with Gasteiger partial charge in [0, 0.05) is 49.4 Å². The van der Waals surface area contributed by atoms with Gasteiger partial charge in [-0.1, -0.05) is 6.07 Å². The van der Waals surface area contributed by atoms with Crippen molar-refractivity contribution in [2.75, 3.05) is 6.61 Å². The van der Waals surface area contributed by atoms with Crippen molar-refractivity contribution >= 4 is 0 Å².